The molecule has 0 aromatic heterocycles. The molecule has 0 radical (unpaired) electrons. The molecule has 0 saturated heterocycles. The van der Waals surface area contributed by atoms with E-state index in [2.05, 4.69) is 15.9 Å². The van der Waals surface area contributed by atoms with E-state index in [-0.39, 0.29) is 24.8 Å². The van der Waals surface area contributed by atoms with Gasteiger partial charge in [0.1, 0.15) is 5.82 Å². The summed E-state index contributed by atoms with van der Waals surface area (Å²) in [5, 5.41) is 8.71. The smallest absolute Gasteiger partial charge is 0.137 e. The Kier molecular flexibility index (Phi) is 5.48. The zero-order valence-electron chi connectivity index (χ0n) is 6.71. The van der Waals surface area contributed by atoms with E-state index >= 15 is 0 Å². The average molecular weight is 271 g/mol. The average Bonchev–Trinajstić information content (AvgIpc) is 2.08. The molecule has 1 aromatic carbocycles. The number of hydrogen-bond donors (Lipinski definition) is 2. The van der Waals surface area contributed by atoms with Crippen LogP contribution in [0.4, 0.5) is 4.39 Å². The first-order valence-electron chi connectivity index (χ1n) is 3.46. The zero-order valence-corrected chi connectivity index (χ0v) is 9.11. The van der Waals surface area contributed by atoms with Crippen molar-refractivity contribution in [2.45, 2.75) is 6.04 Å². The fourth-order valence-electron chi connectivity index (χ4n) is 0.848. The van der Waals surface area contributed by atoms with Crippen molar-refractivity contribution in [2.24, 2.45) is 5.73 Å². The van der Waals surface area contributed by atoms with Crippen molar-refractivity contribution in [1.82, 2.24) is 0 Å². The third-order valence-electron chi connectivity index (χ3n) is 1.57. The number of aliphatic hydroxyl groups excluding tert-OH is 1. The molecular formula is C8H10BrClFNO. The maximum atomic E-state index is 12.7. The second kappa shape index (κ2) is 5.54. The molecule has 0 spiro atoms. The van der Waals surface area contributed by atoms with Crippen LogP contribution in [0.25, 0.3) is 0 Å². The van der Waals surface area contributed by atoms with Crippen molar-refractivity contribution < 1.29 is 9.50 Å². The normalized spacial score (nSPS) is 12.0. The fourth-order valence-corrected chi connectivity index (χ4v) is 1.24. The molecule has 1 aromatic rings. The Morgan fingerprint density at radius 1 is 1.54 bits per heavy atom. The first kappa shape index (κ1) is 12.8. The molecule has 3 N–H and O–H groups in total. The molecule has 5 heteroatoms. The zero-order chi connectivity index (χ0) is 9.14. The van der Waals surface area contributed by atoms with E-state index < -0.39 is 6.04 Å². The largest absolute Gasteiger partial charge is 0.394 e. The minimum absolute atomic E-state index is 0. The van der Waals surface area contributed by atoms with Gasteiger partial charge in [-0.2, -0.15) is 0 Å². The topological polar surface area (TPSA) is 46.2 Å². The minimum atomic E-state index is -0.443. The van der Waals surface area contributed by atoms with Crippen LogP contribution in [0, 0.1) is 5.82 Å². The summed E-state index contributed by atoms with van der Waals surface area (Å²) in [6, 6.07) is 3.99. The summed E-state index contributed by atoms with van der Waals surface area (Å²) in [5.41, 5.74) is 6.23. The van der Waals surface area contributed by atoms with Crippen LogP contribution in [0.3, 0.4) is 0 Å². The standard InChI is InChI=1S/C8H9BrFNO.ClH/c9-6-3-5(8(11)4-12)1-2-7(6)10;/h1-3,8,12H,4,11H2;1H/t8-;/m0./s1. The molecule has 0 bridgehead atoms. The third kappa shape index (κ3) is 3.23. The van der Waals surface area contributed by atoms with Gasteiger partial charge in [-0.3, -0.25) is 0 Å². The lowest BCUT2D eigenvalue weighted by Crippen LogP contribution is -2.14. The summed E-state index contributed by atoms with van der Waals surface area (Å²) in [6.07, 6.45) is 0. The number of rotatable bonds is 2. The molecule has 0 aliphatic carbocycles. The van der Waals surface area contributed by atoms with Gasteiger partial charge >= 0.3 is 0 Å². The Morgan fingerprint density at radius 2 is 2.15 bits per heavy atom. The number of halogens is 3. The summed E-state index contributed by atoms with van der Waals surface area (Å²) in [6.45, 7) is -0.141. The molecule has 1 rings (SSSR count). The van der Waals surface area contributed by atoms with Gasteiger partial charge in [-0.25, -0.2) is 4.39 Å². The Bertz CT molecular complexity index is 285. The number of hydrogen-bond acceptors (Lipinski definition) is 2. The van der Waals surface area contributed by atoms with Crippen LogP contribution in [-0.2, 0) is 0 Å². The Hall–Kier alpha value is -0.160. The summed E-state index contributed by atoms with van der Waals surface area (Å²) in [7, 11) is 0. The van der Waals surface area contributed by atoms with Gasteiger partial charge in [0.25, 0.3) is 0 Å². The first-order chi connectivity index (χ1) is 5.65. The SMILES string of the molecule is Cl.N[C@@H](CO)c1ccc(F)c(Br)c1. The van der Waals surface area contributed by atoms with Crippen molar-refractivity contribution in [1.29, 1.82) is 0 Å². The molecule has 0 unspecified atom stereocenters. The Balaban J connectivity index is 0.00000144. The second-order valence-corrected chi connectivity index (χ2v) is 3.32. The molecule has 1 atom stereocenters. The van der Waals surface area contributed by atoms with Gasteiger partial charge in [-0.05, 0) is 33.6 Å². The van der Waals surface area contributed by atoms with Gasteiger partial charge in [-0.15, -0.1) is 12.4 Å². The third-order valence-corrected chi connectivity index (χ3v) is 2.18. The fraction of sp³-hybridized carbons (Fsp3) is 0.250. The van der Waals surface area contributed by atoms with E-state index in [1.807, 2.05) is 0 Å². The van der Waals surface area contributed by atoms with Crippen molar-refractivity contribution in [3.05, 3.63) is 34.1 Å². The van der Waals surface area contributed by atoms with Gasteiger partial charge in [0.15, 0.2) is 0 Å². The molecule has 0 aliphatic heterocycles. The Morgan fingerprint density at radius 3 is 2.62 bits per heavy atom. The van der Waals surface area contributed by atoms with E-state index in [0.29, 0.717) is 10.0 Å². The number of benzene rings is 1. The van der Waals surface area contributed by atoms with E-state index in [1.165, 1.54) is 6.07 Å². The van der Waals surface area contributed by atoms with Crippen molar-refractivity contribution in [2.75, 3.05) is 6.61 Å². The maximum absolute atomic E-state index is 12.7. The lowest BCUT2D eigenvalue weighted by molar-refractivity contribution is 0.268. The molecule has 0 saturated carbocycles. The van der Waals surface area contributed by atoms with Crippen molar-refractivity contribution in [3.8, 4) is 0 Å². The van der Waals surface area contributed by atoms with Crippen molar-refractivity contribution in [3.63, 3.8) is 0 Å². The first-order valence-corrected chi connectivity index (χ1v) is 4.26. The summed E-state index contributed by atoms with van der Waals surface area (Å²) in [4.78, 5) is 0. The van der Waals surface area contributed by atoms with Crippen LogP contribution in [-0.4, -0.2) is 11.7 Å². The van der Waals surface area contributed by atoms with Crippen LogP contribution in [0.15, 0.2) is 22.7 Å². The molecular weight excluding hydrogens is 260 g/mol. The molecule has 0 fully saturated rings. The highest BCUT2D eigenvalue weighted by atomic mass is 79.9. The maximum Gasteiger partial charge on any atom is 0.137 e. The molecule has 0 aliphatic rings. The number of nitrogens with two attached hydrogens (primary N) is 1. The van der Waals surface area contributed by atoms with E-state index in [0.717, 1.165) is 0 Å². The Labute approximate surface area is 90.5 Å². The molecule has 13 heavy (non-hydrogen) atoms. The molecule has 74 valence electrons. The summed E-state index contributed by atoms with van der Waals surface area (Å²) >= 11 is 3.03. The van der Waals surface area contributed by atoms with E-state index in [4.69, 9.17) is 10.8 Å². The van der Waals surface area contributed by atoms with Crippen LogP contribution in [0.2, 0.25) is 0 Å². The van der Waals surface area contributed by atoms with Gasteiger partial charge in [0.05, 0.1) is 17.1 Å². The van der Waals surface area contributed by atoms with Crippen LogP contribution in [0.1, 0.15) is 11.6 Å². The van der Waals surface area contributed by atoms with Gasteiger partial charge < -0.3 is 10.8 Å². The van der Waals surface area contributed by atoms with E-state index in [9.17, 15) is 4.39 Å². The highest BCUT2D eigenvalue weighted by Gasteiger charge is 2.06. The lowest BCUT2D eigenvalue weighted by atomic mass is 10.1. The minimum Gasteiger partial charge on any atom is -0.394 e. The second-order valence-electron chi connectivity index (χ2n) is 2.46. The number of aliphatic hydroxyl groups is 1. The molecule has 0 heterocycles. The molecule has 0 amide bonds. The monoisotopic (exact) mass is 269 g/mol. The molecule has 2 nitrogen and oxygen atoms in total. The van der Waals surface area contributed by atoms with Crippen LogP contribution >= 0.6 is 28.3 Å². The quantitative estimate of drug-likeness (QED) is 0.863. The van der Waals surface area contributed by atoms with Gasteiger partial charge in [-0.1, -0.05) is 6.07 Å². The van der Waals surface area contributed by atoms with Crippen molar-refractivity contribution >= 4 is 28.3 Å². The lowest BCUT2D eigenvalue weighted by Gasteiger charge is -2.08. The predicted molar refractivity (Wildman–Crippen MR) is 55.4 cm³/mol. The van der Waals surface area contributed by atoms with Gasteiger partial charge in [0, 0.05) is 0 Å². The summed E-state index contributed by atoms with van der Waals surface area (Å²) < 4.78 is 13.1. The highest BCUT2D eigenvalue weighted by molar-refractivity contribution is 9.10. The van der Waals surface area contributed by atoms with Crippen LogP contribution < -0.4 is 5.73 Å². The highest BCUT2D eigenvalue weighted by Crippen LogP contribution is 2.19. The van der Waals surface area contributed by atoms with Crippen LogP contribution in [0.5, 0.6) is 0 Å². The summed E-state index contributed by atoms with van der Waals surface area (Å²) in [5.74, 6) is -0.330. The van der Waals surface area contributed by atoms with E-state index in [1.54, 1.807) is 12.1 Å². The van der Waals surface area contributed by atoms with Gasteiger partial charge in [0.2, 0.25) is 0 Å². The predicted octanol–water partition coefficient (Wildman–Crippen LogP) is 2.00.